The smallest absolute Gasteiger partial charge is 0.152 e. The van der Waals surface area contributed by atoms with Crippen LogP contribution in [0, 0.1) is 0 Å². The average Bonchev–Trinajstić information content (AvgIpc) is 2.51. The summed E-state index contributed by atoms with van der Waals surface area (Å²) in [5, 5.41) is 9.80. The van der Waals surface area contributed by atoms with Gasteiger partial charge < -0.3 is 14.6 Å². The number of nitrogens with zero attached hydrogens (tertiary/aromatic N) is 1. The first kappa shape index (κ1) is 17.5. The molecule has 5 heteroatoms. The van der Waals surface area contributed by atoms with Crippen LogP contribution < -0.4 is 9.47 Å². The van der Waals surface area contributed by atoms with Gasteiger partial charge in [0.1, 0.15) is 11.5 Å². The molecule has 0 aliphatic carbocycles. The van der Waals surface area contributed by atoms with Crippen LogP contribution >= 0.6 is 0 Å². The summed E-state index contributed by atoms with van der Waals surface area (Å²) in [4.78, 5) is 13.6. The number of hydrogen-bond acceptors (Lipinski definition) is 5. The minimum Gasteiger partial charge on any atom is -0.496 e. The Morgan fingerprint density at radius 1 is 1.30 bits per heavy atom. The number of ketones is 1. The highest BCUT2D eigenvalue weighted by Crippen LogP contribution is 2.39. The molecule has 0 amide bonds. The highest BCUT2D eigenvalue weighted by atomic mass is 16.5. The summed E-state index contributed by atoms with van der Waals surface area (Å²) in [6, 6.07) is 1.95. The second-order valence-electron chi connectivity index (χ2n) is 6.01. The maximum absolute atomic E-state index is 11.4. The van der Waals surface area contributed by atoms with Crippen molar-refractivity contribution in [3.8, 4) is 11.5 Å². The molecule has 1 aromatic carbocycles. The second-order valence-corrected chi connectivity index (χ2v) is 6.01. The van der Waals surface area contributed by atoms with Gasteiger partial charge in [-0.1, -0.05) is 5.57 Å². The molecular weight excluding hydrogens is 294 g/mol. The van der Waals surface area contributed by atoms with Crippen molar-refractivity contribution in [2.45, 2.75) is 39.5 Å². The summed E-state index contributed by atoms with van der Waals surface area (Å²) < 4.78 is 10.9. The Bertz CT molecular complexity index is 636. The third-order valence-corrected chi connectivity index (χ3v) is 4.48. The molecule has 1 heterocycles. The van der Waals surface area contributed by atoms with Gasteiger partial charge in [-0.25, -0.2) is 0 Å². The molecule has 1 N–H and O–H groups in total. The zero-order chi connectivity index (χ0) is 17.1. The zero-order valence-corrected chi connectivity index (χ0v) is 14.5. The Hall–Kier alpha value is -1.85. The molecule has 0 fully saturated rings. The van der Waals surface area contributed by atoms with E-state index in [-0.39, 0.29) is 18.4 Å². The van der Waals surface area contributed by atoms with Gasteiger partial charge in [0.15, 0.2) is 5.78 Å². The molecule has 0 saturated carbocycles. The third-order valence-electron chi connectivity index (χ3n) is 4.48. The minimum atomic E-state index is -0.0819. The van der Waals surface area contributed by atoms with E-state index in [1.165, 1.54) is 0 Å². The van der Waals surface area contributed by atoms with Crippen molar-refractivity contribution in [3.05, 3.63) is 34.4 Å². The first-order valence-corrected chi connectivity index (χ1v) is 7.68. The number of methoxy groups -OCH3 is 2. The number of aliphatic hydroxyl groups is 1. The van der Waals surface area contributed by atoms with E-state index in [0.29, 0.717) is 18.7 Å². The number of ether oxygens (including phenoxy) is 2. The first-order valence-electron chi connectivity index (χ1n) is 7.68. The van der Waals surface area contributed by atoms with Gasteiger partial charge in [-0.05, 0) is 39.0 Å². The lowest BCUT2D eigenvalue weighted by Gasteiger charge is -2.36. The monoisotopic (exact) mass is 319 g/mol. The van der Waals surface area contributed by atoms with Gasteiger partial charge in [-0.15, -0.1) is 0 Å². The summed E-state index contributed by atoms with van der Waals surface area (Å²) in [6.07, 6.45) is 2.40. The van der Waals surface area contributed by atoms with Crippen molar-refractivity contribution < 1.29 is 19.4 Å². The lowest BCUT2D eigenvalue weighted by Crippen LogP contribution is -2.39. The first-order chi connectivity index (χ1) is 10.9. The van der Waals surface area contributed by atoms with Gasteiger partial charge >= 0.3 is 0 Å². The molecule has 23 heavy (non-hydrogen) atoms. The van der Waals surface area contributed by atoms with E-state index < -0.39 is 0 Å². The number of carbonyl (C=O) groups is 1. The molecule has 1 unspecified atom stereocenters. The van der Waals surface area contributed by atoms with E-state index >= 15 is 0 Å². The van der Waals surface area contributed by atoms with Gasteiger partial charge in [0.05, 0.1) is 20.8 Å². The summed E-state index contributed by atoms with van der Waals surface area (Å²) in [5.41, 5.74) is 3.96. The molecule has 1 aliphatic rings. The van der Waals surface area contributed by atoms with Gasteiger partial charge in [0, 0.05) is 29.8 Å². The number of benzene rings is 1. The topological polar surface area (TPSA) is 59.0 Å². The molecular formula is C18H25NO4. The third kappa shape index (κ3) is 3.41. The van der Waals surface area contributed by atoms with Crippen molar-refractivity contribution >= 4 is 5.78 Å². The number of carbonyl (C=O) groups excluding carboxylic acids is 1. The maximum atomic E-state index is 11.4. The molecule has 1 aliphatic heterocycles. The number of allylic oxidation sites excluding steroid dienone is 1. The van der Waals surface area contributed by atoms with Crippen LogP contribution in [0.2, 0.25) is 0 Å². The molecule has 126 valence electrons. The van der Waals surface area contributed by atoms with Crippen LogP contribution in [0.25, 0.3) is 0 Å². The predicted molar refractivity (Wildman–Crippen MR) is 88.9 cm³/mol. The SMILES string of the molecule is COc1cc(OC)c2c(c1CO)CC(/C(C)=C/C(C)=O)N(C)C2. The fourth-order valence-corrected chi connectivity index (χ4v) is 3.36. The van der Waals surface area contributed by atoms with Crippen molar-refractivity contribution in [2.75, 3.05) is 21.3 Å². The highest BCUT2D eigenvalue weighted by Gasteiger charge is 2.30. The van der Waals surface area contributed by atoms with Crippen LogP contribution in [-0.2, 0) is 24.4 Å². The Kier molecular flexibility index (Phi) is 5.44. The Morgan fingerprint density at radius 3 is 2.48 bits per heavy atom. The van der Waals surface area contributed by atoms with E-state index in [9.17, 15) is 9.90 Å². The summed E-state index contributed by atoms with van der Waals surface area (Å²) >= 11 is 0. The number of hydrogen-bond donors (Lipinski definition) is 1. The molecule has 0 aromatic heterocycles. The van der Waals surface area contributed by atoms with Crippen molar-refractivity contribution in [1.82, 2.24) is 4.90 Å². The maximum Gasteiger partial charge on any atom is 0.152 e. The molecule has 1 aromatic rings. The normalized spacial score (nSPS) is 18.5. The summed E-state index contributed by atoms with van der Waals surface area (Å²) in [5.74, 6) is 1.46. The van der Waals surface area contributed by atoms with Crippen LogP contribution in [0.3, 0.4) is 0 Å². The van der Waals surface area contributed by atoms with Crippen molar-refractivity contribution in [3.63, 3.8) is 0 Å². The number of aliphatic hydroxyl groups excluding tert-OH is 1. The summed E-state index contributed by atoms with van der Waals surface area (Å²) in [7, 11) is 5.27. The van der Waals surface area contributed by atoms with Crippen LogP contribution in [0.4, 0.5) is 0 Å². The number of rotatable bonds is 5. The van der Waals surface area contributed by atoms with E-state index in [2.05, 4.69) is 4.90 Å². The van der Waals surface area contributed by atoms with Gasteiger partial charge in [-0.3, -0.25) is 9.69 Å². The Balaban J connectivity index is 2.54. The van der Waals surface area contributed by atoms with E-state index in [1.807, 2.05) is 20.0 Å². The Morgan fingerprint density at radius 2 is 1.96 bits per heavy atom. The molecule has 2 rings (SSSR count). The zero-order valence-electron chi connectivity index (χ0n) is 14.5. The minimum absolute atomic E-state index is 0.0484. The van der Waals surface area contributed by atoms with Crippen LogP contribution in [0.15, 0.2) is 17.7 Å². The standard InChI is InChI=1S/C18H25NO4/c1-11(6-12(2)21)16-7-13-14(9-19(16)3)17(22-4)8-18(23-5)15(13)10-20/h6,8,16,20H,7,9-10H2,1-5H3/b11-6+. The summed E-state index contributed by atoms with van der Waals surface area (Å²) in [6.45, 7) is 4.15. The lowest BCUT2D eigenvalue weighted by atomic mass is 9.86. The number of likely N-dealkylation sites (N-methyl/N-ethyl adjacent to an activating group) is 1. The van der Waals surface area contributed by atoms with Gasteiger partial charge in [-0.2, -0.15) is 0 Å². The quantitative estimate of drug-likeness (QED) is 0.842. The molecule has 0 bridgehead atoms. The van der Waals surface area contributed by atoms with E-state index in [1.54, 1.807) is 27.2 Å². The van der Waals surface area contributed by atoms with Crippen molar-refractivity contribution in [2.24, 2.45) is 0 Å². The van der Waals surface area contributed by atoms with Crippen LogP contribution in [0.1, 0.15) is 30.5 Å². The highest BCUT2D eigenvalue weighted by molar-refractivity contribution is 5.88. The average molecular weight is 319 g/mol. The molecule has 0 radical (unpaired) electrons. The molecule has 5 nitrogen and oxygen atoms in total. The second kappa shape index (κ2) is 7.15. The van der Waals surface area contributed by atoms with Crippen LogP contribution in [0.5, 0.6) is 11.5 Å². The predicted octanol–water partition coefficient (Wildman–Crippen LogP) is 2.09. The number of fused-ring (bicyclic) bond motifs is 1. The fourth-order valence-electron chi connectivity index (χ4n) is 3.36. The van der Waals surface area contributed by atoms with E-state index in [4.69, 9.17) is 9.47 Å². The van der Waals surface area contributed by atoms with Crippen LogP contribution in [-0.4, -0.2) is 43.1 Å². The Labute approximate surface area is 137 Å². The lowest BCUT2D eigenvalue weighted by molar-refractivity contribution is -0.112. The largest absolute Gasteiger partial charge is 0.496 e. The molecule has 0 spiro atoms. The van der Waals surface area contributed by atoms with Crippen molar-refractivity contribution in [1.29, 1.82) is 0 Å². The van der Waals surface area contributed by atoms with Gasteiger partial charge in [0.25, 0.3) is 0 Å². The molecule has 0 saturated heterocycles. The fraction of sp³-hybridized carbons (Fsp3) is 0.500. The molecule has 1 atom stereocenters. The van der Waals surface area contributed by atoms with Gasteiger partial charge in [0.2, 0.25) is 0 Å². The van der Waals surface area contributed by atoms with E-state index in [0.717, 1.165) is 28.0 Å².